The second kappa shape index (κ2) is 4.44. The number of carboxylic acid groups (broad SMARTS) is 1. The molecule has 0 aliphatic carbocycles. The van der Waals surface area contributed by atoms with Gasteiger partial charge in [-0.2, -0.15) is 0 Å². The van der Waals surface area contributed by atoms with E-state index in [0.29, 0.717) is 12.2 Å². The average molecular weight is 302 g/mol. The minimum Gasteiger partial charge on any atom is -0.481 e. The van der Waals surface area contributed by atoms with Crippen LogP contribution in [0.5, 0.6) is 0 Å². The molecule has 1 unspecified atom stereocenters. The lowest BCUT2D eigenvalue weighted by atomic mass is 10.1. The zero-order chi connectivity index (χ0) is 12.6. The topological polar surface area (TPSA) is 57.6 Å². The molecule has 1 aliphatic heterocycles. The molecule has 17 heavy (non-hydrogen) atoms. The number of rotatable bonds is 2. The third kappa shape index (κ3) is 2.17. The van der Waals surface area contributed by atoms with Crippen molar-refractivity contribution in [1.82, 2.24) is 0 Å². The molecule has 1 aromatic rings. The summed E-state index contributed by atoms with van der Waals surface area (Å²) in [6.07, 6.45) is 0.281. The molecule has 1 heterocycles. The van der Waals surface area contributed by atoms with E-state index in [1.165, 1.54) is 23.1 Å². The Balaban J connectivity index is 2.27. The molecule has 1 aromatic carbocycles. The molecule has 0 aromatic heterocycles. The maximum absolute atomic E-state index is 13.0. The Morgan fingerprint density at radius 1 is 1.53 bits per heavy atom. The van der Waals surface area contributed by atoms with Gasteiger partial charge in [-0.05, 0) is 40.5 Å². The van der Waals surface area contributed by atoms with Crippen LogP contribution >= 0.6 is 15.9 Å². The molecular weight excluding hydrogens is 293 g/mol. The molecule has 1 atom stereocenters. The van der Waals surface area contributed by atoms with E-state index in [1.807, 2.05) is 0 Å². The summed E-state index contributed by atoms with van der Waals surface area (Å²) in [5, 5.41) is 8.83. The number of benzene rings is 1. The molecule has 4 nitrogen and oxygen atoms in total. The lowest BCUT2D eigenvalue weighted by Crippen LogP contribution is -2.30. The van der Waals surface area contributed by atoms with Gasteiger partial charge in [-0.15, -0.1) is 0 Å². The van der Waals surface area contributed by atoms with Gasteiger partial charge in [0.15, 0.2) is 0 Å². The summed E-state index contributed by atoms with van der Waals surface area (Å²) in [4.78, 5) is 23.9. The van der Waals surface area contributed by atoms with Crippen molar-refractivity contribution in [3.63, 3.8) is 0 Å². The van der Waals surface area contributed by atoms with Crippen LogP contribution in [0.2, 0.25) is 0 Å². The minimum absolute atomic E-state index is 0.251. The molecule has 1 saturated heterocycles. The van der Waals surface area contributed by atoms with Crippen LogP contribution in [0, 0.1) is 11.7 Å². The van der Waals surface area contributed by atoms with Crippen molar-refractivity contribution >= 4 is 33.5 Å². The van der Waals surface area contributed by atoms with E-state index in [9.17, 15) is 14.0 Å². The molecule has 2 rings (SSSR count). The van der Waals surface area contributed by atoms with Crippen LogP contribution in [0.1, 0.15) is 6.42 Å². The summed E-state index contributed by atoms with van der Waals surface area (Å²) in [5.74, 6) is -2.97. The summed E-state index contributed by atoms with van der Waals surface area (Å²) in [7, 11) is 0. The number of aliphatic carboxylic acids is 1. The van der Waals surface area contributed by atoms with Crippen molar-refractivity contribution in [2.24, 2.45) is 5.92 Å². The van der Waals surface area contributed by atoms with Crippen molar-refractivity contribution in [3.8, 4) is 0 Å². The van der Waals surface area contributed by atoms with Gasteiger partial charge in [0.25, 0.3) is 0 Å². The summed E-state index contributed by atoms with van der Waals surface area (Å²) < 4.78 is 13.3. The van der Waals surface area contributed by atoms with Crippen molar-refractivity contribution < 1.29 is 19.1 Å². The fraction of sp³-hybridized carbons (Fsp3) is 0.273. The Kier molecular flexibility index (Phi) is 3.15. The number of nitrogens with zero attached hydrogens (tertiary/aromatic N) is 1. The molecule has 6 heteroatoms. The number of hydrogen-bond acceptors (Lipinski definition) is 2. The van der Waals surface area contributed by atoms with Gasteiger partial charge in [-0.1, -0.05) is 0 Å². The molecule has 90 valence electrons. The van der Waals surface area contributed by atoms with Crippen LogP contribution in [0.3, 0.4) is 0 Å². The van der Waals surface area contributed by atoms with Crippen LogP contribution in [0.25, 0.3) is 0 Å². The number of hydrogen-bond donors (Lipinski definition) is 1. The Hall–Kier alpha value is -1.43. The predicted octanol–water partition coefficient (Wildman–Crippen LogP) is 2.03. The monoisotopic (exact) mass is 301 g/mol. The van der Waals surface area contributed by atoms with Gasteiger partial charge < -0.3 is 10.0 Å². The second-order valence-corrected chi connectivity index (χ2v) is 4.62. The quantitative estimate of drug-likeness (QED) is 0.850. The molecular formula is C11H9BrFNO3. The van der Waals surface area contributed by atoms with E-state index in [1.54, 1.807) is 0 Å². The summed E-state index contributed by atoms with van der Waals surface area (Å²) in [6.45, 7) is 0.341. The van der Waals surface area contributed by atoms with Gasteiger partial charge in [-0.3, -0.25) is 9.59 Å². The first-order valence-corrected chi connectivity index (χ1v) is 5.79. The Morgan fingerprint density at radius 2 is 2.24 bits per heavy atom. The maximum atomic E-state index is 13.0. The molecule has 1 amide bonds. The number of carbonyl (C=O) groups is 2. The van der Waals surface area contributed by atoms with Crippen molar-refractivity contribution in [2.45, 2.75) is 6.42 Å². The molecule has 1 fully saturated rings. The Labute approximate surface area is 105 Å². The van der Waals surface area contributed by atoms with E-state index >= 15 is 0 Å². The highest BCUT2D eigenvalue weighted by molar-refractivity contribution is 9.10. The van der Waals surface area contributed by atoms with E-state index in [2.05, 4.69) is 15.9 Å². The number of carbonyl (C=O) groups excluding carboxylic acids is 1. The smallest absolute Gasteiger partial charge is 0.316 e. The highest BCUT2D eigenvalue weighted by atomic mass is 79.9. The maximum Gasteiger partial charge on any atom is 0.316 e. The second-order valence-electron chi connectivity index (χ2n) is 3.77. The predicted molar refractivity (Wildman–Crippen MR) is 62.2 cm³/mol. The number of carboxylic acids is 1. The van der Waals surface area contributed by atoms with Crippen molar-refractivity contribution in [2.75, 3.05) is 11.4 Å². The Bertz CT molecular complexity index is 492. The van der Waals surface area contributed by atoms with Crippen LogP contribution < -0.4 is 4.90 Å². The first-order valence-electron chi connectivity index (χ1n) is 5.00. The average Bonchev–Trinajstić information content (AvgIpc) is 2.64. The molecule has 1 aliphatic rings. The van der Waals surface area contributed by atoms with Gasteiger partial charge in [0.1, 0.15) is 11.7 Å². The van der Waals surface area contributed by atoms with Crippen LogP contribution in [0.15, 0.2) is 22.7 Å². The zero-order valence-electron chi connectivity index (χ0n) is 8.69. The van der Waals surface area contributed by atoms with Gasteiger partial charge in [0.2, 0.25) is 5.91 Å². The van der Waals surface area contributed by atoms with Crippen LogP contribution in [-0.2, 0) is 9.59 Å². The normalized spacial score (nSPS) is 19.8. The standard InChI is InChI=1S/C11H9BrFNO3/c12-8-5-6(1-2-9(8)13)14-4-3-7(10(14)15)11(16)17/h1-2,5,7H,3-4H2,(H,16,17). The molecule has 1 N–H and O–H groups in total. The highest BCUT2D eigenvalue weighted by Crippen LogP contribution is 2.28. The van der Waals surface area contributed by atoms with E-state index in [-0.39, 0.29) is 10.9 Å². The van der Waals surface area contributed by atoms with Crippen LogP contribution in [-0.4, -0.2) is 23.5 Å². The number of halogens is 2. The summed E-state index contributed by atoms with van der Waals surface area (Å²) in [5.41, 5.74) is 0.507. The number of amides is 1. The molecule has 0 bridgehead atoms. The molecule has 0 radical (unpaired) electrons. The van der Waals surface area contributed by atoms with E-state index in [4.69, 9.17) is 5.11 Å². The summed E-state index contributed by atoms with van der Waals surface area (Å²) >= 11 is 3.03. The largest absolute Gasteiger partial charge is 0.481 e. The minimum atomic E-state index is -1.11. The lowest BCUT2D eigenvalue weighted by Gasteiger charge is -2.16. The third-order valence-electron chi connectivity index (χ3n) is 2.72. The molecule has 0 spiro atoms. The number of anilines is 1. The lowest BCUT2D eigenvalue weighted by molar-refractivity contribution is -0.144. The third-order valence-corrected chi connectivity index (χ3v) is 3.33. The van der Waals surface area contributed by atoms with Crippen LogP contribution in [0.4, 0.5) is 10.1 Å². The van der Waals surface area contributed by atoms with Gasteiger partial charge in [-0.25, -0.2) is 4.39 Å². The first kappa shape index (κ1) is 12.0. The van der Waals surface area contributed by atoms with E-state index < -0.39 is 23.6 Å². The van der Waals surface area contributed by atoms with Gasteiger partial charge in [0, 0.05) is 12.2 Å². The fourth-order valence-corrected chi connectivity index (χ4v) is 2.19. The summed E-state index contributed by atoms with van der Waals surface area (Å²) in [6, 6.07) is 4.17. The zero-order valence-corrected chi connectivity index (χ0v) is 10.3. The van der Waals surface area contributed by atoms with Gasteiger partial charge in [0.05, 0.1) is 4.47 Å². The first-order chi connectivity index (χ1) is 8.00. The van der Waals surface area contributed by atoms with Gasteiger partial charge >= 0.3 is 5.97 Å². The van der Waals surface area contributed by atoms with E-state index in [0.717, 1.165) is 0 Å². The van der Waals surface area contributed by atoms with Crippen molar-refractivity contribution in [3.05, 3.63) is 28.5 Å². The Morgan fingerprint density at radius 3 is 2.76 bits per heavy atom. The fourth-order valence-electron chi connectivity index (χ4n) is 1.82. The molecule has 0 saturated carbocycles. The SMILES string of the molecule is O=C(O)C1CCN(c2ccc(F)c(Br)c2)C1=O. The highest BCUT2D eigenvalue weighted by Gasteiger charge is 2.37. The van der Waals surface area contributed by atoms with Crippen molar-refractivity contribution in [1.29, 1.82) is 0 Å².